The first-order chi connectivity index (χ1) is 18.1. The predicted molar refractivity (Wildman–Crippen MR) is 137 cm³/mol. The quantitative estimate of drug-likeness (QED) is 0.373. The molecule has 4 aromatic carbocycles. The van der Waals surface area contributed by atoms with Gasteiger partial charge in [0.05, 0.1) is 7.11 Å². The molecule has 186 valence electrons. The van der Waals surface area contributed by atoms with Crippen LogP contribution in [0, 0.1) is 5.92 Å². The summed E-state index contributed by atoms with van der Waals surface area (Å²) in [7, 11) is 1.35. The van der Waals surface area contributed by atoms with Crippen molar-refractivity contribution < 1.29 is 28.8 Å². The summed E-state index contributed by atoms with van der Waals surface area (Å²) >= 11 is 0. The first-order valence-electron chi connectivity index (χ1n) is 12.2. The molecule has 0 fully saturated rings. The lowest BCUT2D eigenvalue weighted by molar-refractivity contribution is -0.153. The highest BCUT2D eigenvalue weighted by Gasteiger charge is 2.58. The van der Waals surface area contributed by atoms with Crippen LogP contribution in [-0.4, -0.2) is 25.0 Å². The van der Waals surface area contributed by atoms with E-state index in [1.807, 2.05) is 97.1 Å². The maximum atomic E-state index is 13.5. The number of ether oxygens (including phenoxy) is 4. The number of methoxy groups -OCH3 is 1. The standard InChI is InChI=1S/C31H26O6/c1-34-30(32)29-28(21-15-16-26-27(17-21)37-19-36-26)22-11-5-6-12-23(22)31(29,33)24-13-7-8-14-25(24)35-18-20-9-3-2-4-10-20/h2-17,28-29,33H,18-19H2,1H3/t28-,29-,31?/m0/s1. The van der Waals surface area contributed by atoms with Crippen molar-refractivity contribution in [1.82, 2.24) is 0 Å². The molecule has 1 unspecified atom stereocenters. The number of aliphatic hydroxyl groups is 1. The Bertz CT molecular complexity index is 1450. The van der Waals surface area contributed by atoms with E-state index in [1.165, 1.54) is 7.11 Å². The fourth-order valence-electron chi connectivity index (χ4n) is 5.57. The van der Waals surface area contributed by atoms with E-state index in [-0.39, 0.29) is 6.79 Å². The number of para-hydroxylation sites is 1. The molecule has 1 N–H and O–H groups in total. The maximum absolute atomic E-state index is 13.5. The van der Waals surface area contributed by atoms with Crippen LogP contribution in [0.25, 0.3) is 0 Å². The maximum Gasteiger partial charge on any atom is 0.313 e. The van der Waals surface area contributed by atoms with Crippen molar-refractivity contribution in [2.24, 2.45) is 5.92 Å². The molecule has 37 heavy (non-hydrogen) atoms. The van der Waals surface area contributed by atoms with Gasteiger partial charge in [0.1, 0.15) is 23.9 Å². The normalized spacial score (nSPS) is 21.4. The Morgan fingerprint density at radius 3 is 2.41 bits per heavy atom. The van der Waals surface area contributed by atoms with Crippen LogP contribution in [-0.2, 0) is 21.7 Å². The SMILES string of the molecule is COC(=O)[C@@H]1[C@@H](c2ccc3c(c2)OCO3)c2ccccc2C1(O)c1ccccc1OCc1ccccc1. The molecular formula is C31H26O6. The molecular weight excluding hydrogens is 468 g/mol. The van der Waals surface area contributed by atoms with Crippen LogP contribution >= 0.6 is 0 Å². The first-order valence-corrected chi connectivity index (χ1v) is 12.2. The first kappa shape index (κ1) is 23.1. The molecule has 6 nitrogen and oxygen atoms in total. The topological polar surface area (TPSA) is 74.2 Å². The Morgan fingerprint density at radius 2 is 1.59 bits per heavy atom. The molecule has 0 radical (unpaired) electrons. The summed E-state index contributed by atoms with van der Waals surface area (Å²) in [6.07, 6.45) is 0. The van der Waals surface area contributed by atoms with E-state index in [0.717, 1.165) is 16.7 Å². The minimum atomic E-state index is -1.70. The highest BCUT2D eigenvalue weighted by Crippen LogP contribution is 2.57. The highest BCUT2D eigenvalue weighted by atomic mass is 16.7. The van der Waals surface area contributed by atoms with Crippen molar-refractivity contribution in [3.8, 4) is 17.2 Å². The Hall–Kier alpha value is -4.29. The van der Waals surface area contributed by atoms with Gasteiger partial charge in [-0.3, -0.25) is 4.79 Å². The van der Waals surface area contributed by atoms with Crippen molar-refractivity contribution >= 4 is 5.97 Å². The Kier molecular flexibility index (Phi) is 5.81. The molecule has 3 atom stereocenters. The molecule has 6 rings (SSSR count). The molecule has 0 bridgehead atoms. The van der Waals surface area contributed by atoms with Crippen LogP contribution in [0.5, 0.6) is 17.2 Å². The van der Waals surface area contributed by atoms with Gasteiger partial charge in [0, 0.05) is 11.5 Å². The fourth-order valence-corrected chi connectivity index (χ4v) is 5.57. The third-order valence-corrected chi connectivity index (χ3v) is 7.24. The Morgan fingerprint density at radius 1 is 0.892 bits per heavy atom. The van der Waals surface area contributed by atoms with E-state index in [9.17, 15) is 9.90 Å². The summed E-state index contributed by atoms with van der Waals surface area (Å²) in [5.41, 5.74) is 2.13. The summed E-state index contributed by atoms with van der Waals surface area (Å²) in [6.45, 7) is 0.473. The number of fused-ring (bicyclic) bond motifs is 2. The lowest BCUT2D eigenvalue weighted by Crippen LogP contribution is -2.40. The number of benzene rings is 4. The molecule has 6 heteroatoms. The summed E-state index contributed by atoms with van der Waals surface area (Å²) in [4.78, 5) is 13.5. The molecule has 1 aliphatic carbocycles. The van der Waals surface area contributed by atoms with Gasteiger partial charge in [-0.05, 0) is 40.5 Å². The Labute approximate surface area is 215 Å². The monoisotopic (exact) mass is 494 g/mol. The van der Waals surface area contributed by atoms with E-state index in [0.29, 0.717) is 35.0 Å². The number of hydrogen-bond donors (Lipinski definition) is 1. The lowest BCUT2D eigenvalue weighted by Gasteiger charge is -2.33. The van der Waals surface area contributed by atoms with Gasteiger partial charge in [0.15, 0.2) is 11.5 Å². The summed E-state index contributed by atoms with van der Waals surface area (Å²) < 4.78 is 22.6. The third kappa shape index (κ3) is 3.81. The van der Waals surface area contributed by atoms with Gasteiger partial charge in [0.25, 0.3) is 0 Å². The zero-order valence-corrected chi connectivity index (χ0v) is 20.3. The second-order valence-electron chi connectivity index (χ2n) is 9.22. The third-order valence-electron chi connectivity index (χ3n) is 7.24. The van der Waals surface area contributed by atoms with Crippen LogP contribution in [0.3, 0.4) is 0 Å². The largest absolute Gasteiger partial charge is 0.488 e. The molecule has 0 saturated carbocycles. The van der Waals surface area contributed by atoms with Crippen molar-refractivity contribution in [1.29, 1.82) is 0 Å². The number of carbonyl (C=O) groups is 1. The van der Waals surface area contributed by atoms with Crippen LogP contribution in [0.1, 0.15) is 33.7 Å². The minimum Gasteiger partial charge on any atom is -0.488 e. The van der Waals surface area contributed by atoms with Gasteiger partial charge in [-0.15, -0.1) is 0 Å². The molecule has 0 saturated heterocycles. The van der Waals surface area contributed by atoms with E-state index in [1.54, 1.807) is 0 Å². The van der Waals surface area contributed by atoms with Gasteiger partial charge >= 0.3 is 5.97 Å². The molecule has 0 amide bonds. The van der Waals surface area contributed by atoms with Crippen molar-refractivity contribution in [3.63, 3.8) is 0 Å². The van der Waals surface area contributed by atoms with Crippen molar-refractivity contribution in [3.05, 3.63) is 125 Å². The van der Waals surface area contributed by atoms with Gasteiger partial charge < -0.3 is 24.1 Å². The molecule has 0 spiro atoms. The van der Waals surface area contributed by atoms with Gasteiger partial charge in [0.2, 0.25) is 6.79 Å². The number of esters is 1. The Balaban J connectivity index is 1.50. The van der Waals surface area contributed by atoms with Crippen molar-refractivity contribution in [2.45, 2.75) is 18.1 Å². The average molecular weight is 495 g/mol. The average Bonchev–Trinajstić information content (AvgIpc) is 3.53. The van der Waals surface area contributed by atoms with Crippen LogP contribution in [0.4, 0.5) is 0 Å². The molecule has 4 aromatic rings. The second-order valence-corrected chi connectivity index (χ2v) is 9.22. The predicted octanol–water partition coefficient (Wildman–Crippen LogP) is 5.16. The number of rotatable bonds is 6. The number of hydrogen-bond acceptors (Lipinski definition) is 6. The van der Waals surface area contributed by atoms with Gasteiger partial charge in [-0.1, -0.05) is 78.9 Å². The summed E-state index contributed by atoms with van der Waals surface area (Å²) in [6, 6.07) is 30.4. The van der Waals surface area contributed by atoms with Crippen LogP contribution in [0.15, 0.2) is 97.1 Å². The van der Waals surface area contributed by atoms with Gasteiger partial charge in [-0.2, -0.15) is 0 Å². The van der Waals surface area contributed by atoms with E-state index in [4.69, 9.17) is 18.9 Å². The highest BCUT2D eigenvalue weighted by molar-refractivity contribution is 5.81. The summed E-state index contributed by atoms with van der Waals surface area (Å²) in [5, 5.41) is 12.6. The molecule has 1 heterocycles. The lowest BCUT2D eigenvalue weighted by atomic mass is 9.76. The molecule has 0 aromatic heterocycles. The minimum absolute atomic E-state index is 0.149. The van der Waals surface area contributed by atoms with Crippen LogP contribution in [0.2, 0.25) is 0 Å². The zero-order chi connectivity index (χ0) is 25.4. The van der Waals surface area contributed by atoms with E-state index in [2.05, 4.69) is 0 Å². The van der Waals surface area contributed by atoms with E-state index < -0.39 is 23.4 Å². The van der Waals surface area contributed by atoms with Crippen molar-refractivity contribution in [2.75, 3.05) is 13.9 Å². The smallest absolute Gasteiger partial charge is 0.313 e. The number of carbonyl (C=O) groups excluding carboxylic acids is 1. The summed E-state index contributed by atoms with van der Waals surface area (Å²) in [5.74, 6) is -0.189. The second kappa shape index (κ2) is 9.30. The zero-order valence-electron chi connectivity index (χ0n) is 20.3. The molecule has 2 aliphatic rings. The van der Waals surface area contributed by atoms with E-state index >= 15 is 0 Å². The molecule has 1 aliphatic heterocycles. The fraction of sp³-hybridized carbons (Fsp3) is 0.194. The van der Waals surface area contributed by atoms with Crippen LogP contribution < -0.4 is 14.2 Å². The van der Waals surface area contributed by atoms with Gasteiger partial charge in [-0.25, -0.2) is 0 Å².